The van der Waals surface area contributed by atoms with Gasteiger partial charge in [-0.15, -0.1) is 0 Å². The van der Waals surface area contributed by atoms with Crippen LogP contribution in [0.15, 0.2) is 23.4 Å². The quantitative estimate of drug-likeness (QED) is 0.519. The van der Waals surface area contributed by atoms with Crippen LogP contribution in [-0.4, -0.2) is 76.4 Å². The van der Waals surface area contributed by atoms with Gasteiger partial charge in [-0.2, -0.15) is 18.3 Å². The highest BCUT2D eigenvalue weighted by atomic mass is 19.4. The summed E-state index contributed by atoms with van der Waals surface area (Å²) in [4.78, 5) is 35.0. The second-order valence-corrected chi connectivity index (χ2v) is 7.94. The normalized spacial score (nSPS) is 15.3. The molecule has 0 aliphatic carbocycles. The van der Waals surface area contributed by atoms with E-state index >= 15 is 0 Å². The van der Waals surface area contributed by atoms with E-state index in [-0.39, 0.29) is 30.5 Å². The predicted octanol–water partition coefficient (Wildman–Crippen LogP) is 1.83. The van der Waals surface area contributed by atoms with Crippen molar-refractivity contribution in [2.24, 2.45) is 0 Å². The first kappa shape index (κ1) is 25.4. The van der Waals surface area contributed by atoms with Crippen LogP contribution >= 0.6 is 0 Å². The van der Waals surface area contributed by atoms with Crippen molar-refractivity contribution in [3.63, 3.8) is 0 Å². The van der Waals surface area contributed by atoms with Crippen LogP contribution in [-0.2, 0) is 15.7 Å². The molecule has 1 saturated heterocycles. The van der Waals surface area contributed by atoms with Gasteiger partial charge < -0.3 is 19.9 Å². The van der Waals surface area contributed by atoms with Gasteiger partial charge in [-0.05, 0) is 13.3 Å². The average molecular weight is 483 g/mol. The number of aromatic nitrogens is 4. The summed E-state index contributed by atoms with van der Waals surface area (Å²) in [5.41, 5.74) is -0.0948. The Morgan fingerprint density at radius 3 is 2.56 bits per heavy atom. The van der Waals surface area contributed by atoms with E-state index in [1.807, 2.05) is 6.92 Å². The van der Waals surface area contributed by atoms with Gasteiger partial charge in [0, 0.05) is 37.8 Å². The summed E-state index contributed by atoms with van der Waals surface area (Å²) in [5, 5.41) is 9.41. The minimum Gasteiger partial charge on any atom is -0.379 e. The number of anilines is 2. The molecule has 13 heteroatoms. The number of amides is 1. The van der Waals surface area contributed by atoms with Gasteiger partial charge >= 0.3 is 6.18 Å². The first-order valence-corrected chi connectivity index (χ1v) is 11.0. The molecule has 2 N–H and O–H groups in total. The topological polar surface area (TPSA) is 116 Å². The number of ether oxygens (including phenoxy) is 1. The fraction of sp³-hybridized carbons (Fsp3) is 0.571. The first-order valence-electron chi connectivity index (χ1n) is 11.0. The van der Waals surface area contributed by atoms with Crippen LogP contribution in [0.4, 0.5) is 24.7 Å². The maximum Gasteiger partial charge on any atom is 0.434 e. The van der Waals surface area contributed by atoms with Crippen molar-refractivity contribution in [1.82, 2.24) is 25.1 Å². The maximum absolute atomic E-state index is 12.6. The molecule has 1 aliphatic rings. The minimum absolute atomic E-state index is 0.0363. The molecule has 0 bridgehead atoms. The highest BCUT2D eigenvalue weighted by molar-refractivity contribution is 5.76. The lowest BCUT2D eigenvalue weighted by molar-refractivity contribution is -0.141. The molecule has 10 nitrogen and oxygen atoms in total. The summed E-state index contributed by atoms with van der Waals surface area (Å²) in [6, 6.07) is -0.0363. The second kappa shape index (κ2) is 11.3. The van der Waals surface area contributed by atoms with Crippen LogP contribution < -0.4 is 15.8 Å². The highest BCUT2D eigenvalue weighted by Crippen LogP contribution is 2.27. The standard InChI is InChI=1S/C21H28F3N7O3/c1-3-15(28-16-10-27-29-20(33)14(16)2)13-34-9-4-19(32)31-7-5-30(6-8-31)18-12-25-17(11-26-18)21(22,23)24/h10-12,15H,3-9,13H2,1-2H3,(H2,28,29,33)/t15-/m0/s1. The summed E-state index contributed by atoms with van der Waals surface area (Å²) in [6.07, 6.45) is -0.162. The van der Waals surface area contributed by atoms with Gasteiger partial charge in [-0.3, -0.25) is 9.59 Å². The van der Waals surface area contributed by atoms with Crippen LogP contribution in [0.25, 0.3) is 0 Å². The number of rotatable bonds is 9. The molecule has 3 heterocycles. The Labute approximate surface area is 194 Å². The molecule has 0 saturated carbocycles. The lowest BCUT2D eigenvalue weighted by Crippen LogP contribution is -2.49. The molecule has 0 aromatic carbocycles. The maximum atomic E-state index is 12.6. The van der Waals surface area contributed by atoms with E-state index in [0.29, 0.717) is 49.9 Å². The summed E-state index contributed by atoms with van der Waals surface area (Å²) in [5.74, 6) is 0.307. The average Bonchev–Trinajstić information content (AvgIpc) is 2.83. The van der Waals surface area contributed by atoms with Gasteiger partial charge in [0.2, 0.25) is 5.91 Å². The Balaban J connectivity index is 1.39. The van der Waals surface area contributed by atoms with Crippen molar-refractivity contribution in [2.75, 3.05) is 49.6 Å². The zero-order valence-electron chi connectivity index (χ0n) is 19.1. The lowest BCUT2D eigenvalue weighted by atomic mass is 10.2. The van der Waals surface area contributed by atoms with Gasteiger partial charge in [0.25, 0.3) is 5.56 Å². The molecular formula is C21H28F3N7O3. The SMILES string of the molecule is CC[C@@H](COCCC(=O)N1CCN(c2cnc(C(F)(F)F)cn2)CC1)Nc1cn[nH]c(=O)c1C. The van der Waals surface area contributed by atoms with E-state index in [4.69, 9.17) is 4.74 Å². The van der Waals surface area contributed by atoms with Crippen LogP contribution in [0.1, 0.15) is 31.0 Å². The minimum atomic E-state index is -4.52. The van der Waals surface area contributed by atoms with Crippen molar-refractivity contribution in [2.45, 2.75) is 38.9 Å². The van der Waals surface area contributed by atoms with E-state index in [1.54, 1.807) is 22.9 Å². The molecule has 1 aliphatic heterocycles. The number of halogens is 3. The number of alkyl halides is 3. The van der Waals surface area contributed by atoms with Crippen molar-refractivity contribution in [3.05, 3.63) is 40.2 Å². The Bertz CT molecular complexity index is 1010. The monoisotopic (exact) mass is 483 g/mol. The lowest BCUT2D eigenvalue weighted by Gasteiger charge is -2.35. The predicted molar refractivity (Wildman–Crippen MR) is 119 cm³/mol. The number of piperazine rings is 1. The molecule has 186 valence electrons. The molecule has 0 spiro atoms. The zero-order chi connectivity index (χ0) is 24.7. The van der Waals surface area contributed by atoms with Crippen molar-refractivity contribution in [1.29, 1.82) is 0 Å². The van der Waals surface area contributed by atoms with Gasteiger partial charge in [-0.1, -0.05) is 6.92 Å². The van der Waals surface area contributed by atoms with E-state index in [1.165, 1.54) is 0 Å². The van der Waals surface area contributed by atoms with Gasteiger partial charge in [0.05, 0.1) is 43.9 Å². The van der Waals surface area contributed by atoms with E-state index in [9.17, 15) is 22.8 Å². The third kappa shape index (κ3) is 6.65. The van der Waals surface area contributed by atoms with Crippen LogP contribution in [0.3, 0.4) is 0 Å². The molecular weight excluding hydrogens is 455 g/mol. The number of nitrogens with zero attached hydrogens (tertiary/aromatic N) is 5. The summed E-state index contributed by atoms with van der Waals surface area (Å²) < 4.78 is 43.6. The third-order valence-electron chi connectivity index (χ3n) is 5.62. The molecule has 34 heavy (non-hydrogen) atoms. The first-order chi connectivity index (χ1) is 16.2. The number of aromatic amines is 1. The summed E-state index contributed by atoms with van der Waals surface area (Å²) >= 11 is 0. The molecule has 0 radical (unpaired) electrons. The van der Waals surface area contributed by atoms with Crippen molar-refractivity contribution >= 4 is 17.4 Å². The van der Waals surface area contributed by atoms with Crippen molar-refractivity contribution < 1.29 is 22.7 Å². The fourth-order valence-electron chi connectivity index (χ4n) is 3.44. The molecule has 3 rings (SSSR count). The molecule has 0 unspecified atom stereocenters. The molecule has 2 aromatic heterocycles. The molecule has 2 aromatic rings. The van der Waals surface area contributed by atoms with E-state index in [2.05, 4.69) is 25.5 Å². The fourth-order valence-corrected chi connectivity index (χ4v) is 3.44. The number of nitrogens with one attached hydrogen (secondary N) is 2. The van der Waals surface area contributed by atoms with Crippen molar-refractivity contribution in [3.8, 4) is 0 Å². The Morgan fingerprint density at radius 2 is 1.94 bits per heavy atom. The molecule has 1 amide bonds. The van der Waals surface area contributed by atoms with E-state index < -0.39 is 11.9 Å². The highest BCUT2D eigenvalue weighted by Gasteiger charge is 2.33. The number of carbonyl (C=O) groups is 1. The van der Waals surface area contributed by atoms with Crippen LogP contribution in [0.5, 0.6) is 0 Å². The van der Waals surface area contributed by atoms with Gasteiger partial charge in [0.15, 0.2) is 5.69 Å². The molecule has 1 atom stereocenters. The number of carbonyl (C=O) groups excluding carboxylic acids is 1. The Kier molecular flexibility index (Phi) is 8.42. The Morgan fingerprint density at radius 1 is 1.21 bits per heavy atom. The zero-order valence-corrected chi connectivity index (χ0v) is 19.1. The van der Waals surface area contributed by atoms with Gasteiger partial charge in [0.1, 0.15) is 5.82 Å². The Hall–Kier alpha value is -3.22. The number of hydrogen-bond donors (Lipinski definition) is 2. The largest absolute Gasteiger partial charge is 0.434 e. The van der Waals surface area contributed by atoms with Crippen LogP contribution in [0.2, 0.25) is 0 Å². The number of hydrogen-bond acceptors (Lipinski definition) is 8. The third-order valence-corrected chi connectivity index (χ3v) is 5.62. The van der Waals surface area contributed by atoms with Gasteiger partial charge in [-0.25, -0.2) is 15.1 Å². The smallest absolute Gasteiger partial charge is 0.379 e. The summed E-state index contributed by atoms with van der Waals surface area (Å²) in [6.45, 7) is 6.12. The summed E-state index contributed by atoms with van der Waals surface area (Å²) in [7, 11) is 0. The number of H-pyrrole nitrogens is 1. The van der Waals surface area contributed by atoms with Crippen LogP contribution in [0, 0.1) is 6.92 Å². The molecule has 1 fully saturated rings. The second-order valence-electron chi connectivity index (χ2n) is 7.94. The van der Waals surface area contributed by atoms with E-state index in [0.717, 1.165) is 18.8 Å².